The van der Waals surface area contributed by atoms with Crippen molar-refractivity contribution < 1.29 is 15.0 Å². The van der Waals surface area contributed by atoms with Crippen molar-refractivity contribution in [3.63, 3.8) is 0 Å². The fourth-order valence-electron chi connectivity index (χ4n) is 5.11. The minimum atomic E-state index is -0.841. The summed E-state index contributed by atoms with van der Waals surface area (Å²) in [6.45, 7) is 4.25. The number of hydrogen-bond donors (Lipinski definition) is 3. The summed E-state index contributed by atoms with van der Waals surface area (Å²) in [5.41, 5.74) is 0. The zero-order valence-corrected chi connectivity index (χ0v) is 27.3. The van der Waals surface area contributed by atoms with Crippen molar-refractivity contribution in [3.05, 3.63) is 36.5 Å². The fraction of sp³-hybridized carbons (Fsp3) is 0.811. The summed E-state index contributed by atoms with van der Waals surface area (Å²) in [5.74, 6) is -0.0784. The lowest BCUT2D eigenvalue weighted by molar-refractivity contribution is -0.123. The molecule has 240 valence electrons. The van der Waals surface area contributed by atoms with Crippen molar-refractivity contribution in [1.29, 1.82) is 0 Å². The second-order valence-electron chi connectivity index (χ2n) is 12.0. The standard InChI is InChI=1S/C37H69NO3/c1-3-5-7-9-11-13-15-17-19-21-23-25-27-29-31-33-37(41)38-35(34-39)36(40)32-30-28-26-24-22-20-18-16-14-12-10-8-6-4-2/h11,13,15,17,30,32,35-36,39-40H,3-10,12,14,16,18-29,31,33-34H2,1-2H3,(H,38,41)/b13-11-,17-15-,32-30+. The smallest absolute Gasteiger partial charge is 0.220 e. The van der Waals surface area contributed by atoms with Gasteiger partial charge >= 0.3 is 0 Å². The molecule has 1 amide bonds. The molecule has 0 heterocycles. The third-order valence-corrected chi connectivity index (χ3v) is 7.90. The molecule has 4 heteroatoms. The molecular weight excluding hydrogens is 506 g/mol. The molecule has 3 N–H and O–H groups in total. The maximum absolute atomic E-state index is 12.3. The van der Waals surface area contributed by atoms with Crippen LogP contribution in [0.2, 0.25) is 0 Å². The number of aliphatic hydroxyl groups is 2. The monoisotopic (exact) mass is 576 g/mol. The number of unbranched alkanes of at least 4 members (excludes halogenated alkanes) is 21. The van der Waals surface area contributed by atoms with E-state index in [1.165, 1.54) is 116 Å². The van der Waals surface area contributed by atoms with Gasteiger partial charge in [0, 0.05) is 6.42 Å². The van der Waals surface area contributed by atoms with Crippen LogP contribution in [0.25, 0.3) is 0 Å². The Morgan fingerprint density at radius 1 is 0.585 bits per heavy atom. The van der Waals surface area contributed by atoms with Crippen LogP contribution in [0.15, 0.2) is 36.5 Å². The van der Waals surface area contributed by atoms with Crippen molar-refractivity contribution in [2.75, 3.05) is 6.61 Å². The molecule has 4 nitrogen and oxygen atoms in total. The summed E-state index contributed by atoms with van der Waals surface area (Å²) in [5, 5.41) is 22.8. The van der Waals surface area contributed by atoms with Gasteiger partial charge in [0.05, 0.1) is 18.8 Å². The van der Waals surface area contributed by atoms with Crippen LogP contribution in [0.5, 0.6) is 0 Å². The number of nitrogens with one attached hydrogen (secondary N) is 1. The molecule has 0 saturated heterocycles. The Bertz CT molecular complexity index is 628. The quantitative estimate of drug-likeness (QED) is 0.0437. The van der Waals surface area contributed by atoms with Crippen molar-refractivity contribution >= 4 is 5.91 Å². The number of amides is 1. The molecule has 0 aromatic heterocycles. The molecule has 0 aromatic carbocycles. The van der Waals surface area contributed by atoms with Crippen LogP contribution in [0.3, 0.4) is 0 Å². The van der Waals surface area contributed by atoms with Gasteiger partial charge in [-0.1, -0.05) is 159 Å². The van der Waals surface area contributed by atoms with E-state index < -0.39 is 12.1 Å². The van der Waals surface area contributed by atoms with Gasteiger partial charge < -0.3 is 15.5 Å². The van der Waals surface area contributed by atoms with Gasteiger partial charge in [-0.15, -0.1) is 0 Å². The van der Waals surface area contributed by atoms with Gasteiger partial charge in [-0.3, -0.25) is 4.79 Å². The summed E-state index contributed by atoms with van der Waals surface area (Å²) >= 11 is 0. The number of carbonyl (C=O) groups is 1. The summed E-state index contributed by atoms with van der Waals surface area (Å²) < 4.78 is 0. The van der Waals surface area contributed by atoms with Crippen LogP contribution in [0.4, 0.5) is 0 Å². The van der Waals surface area contributed by atoms with Crippen LogP contribution in [0.1, 0.15) is 174 Å². The number of hydrogen-bond acceptors (Lipinski definition) is 3. The van der Waals surface area contributed by atoms with Crippen molar-refractivity contribution in [3.8, 4) is 0 Å². The first kappa shape index (κ1) is 39.6. The average Bonchev–Trinajstić information content (AvgIpc) is 2.97. The van der Waals surface area contributed by atoms with Crippen LogP contribution in [-0.4, -0.2) is 34.9 Å². The summed E-state index contributed by atoms with van der Waals surface area (Å²) in [6, 6.07) is -0.625. The largest absolute Gasteiger partial charge is 0.394 e. The number of allylic oxidation sites excluding steroid dienone is 5. The molecule has 0 aliphatic rings. The molecule has 0 bridgehead atoms. The highest BCUT2D eigenvalue weighted by Crippen LogP contribution is 2.13. The molecule has 2 unspecified atom stereocenters. The third kappa shape index (κ3) is 29.9. The van der Waals surface area contributed by atoms with Crippen LogP contribution >= 0.6 is 0 Å². The molecule has 0 aliphatic heterocycles. The topological polar surface area (TPSA) is 69.6 Å². The van der Waals surface area contributed by atoms with Crippen molar-refractivity contribution in [1.82, 2.24) is 5.32 Å². The highest BCUT2D eigenvalue weighted by molar-refractivity contribution is 5.76. The van der Waals surface area contributed by atoms with Gasteiger partial charge in [-0.2, -0.15) is 0 Å². The van der Waals surface area contributed by atoms with E-state index in [0.29, 0.717) is 6.42 Å². The highest BCUT2D eigenvalue weighted by Gasteiger charge is 2.17. The SMILES string of the molecule is CCCCC/C=C\C=C/CCCCCCCCC(=O)NC(CO)C(O)/C=C/CCCCCCCCCCCCCC. The maximum Gasteiger partial charge on any atom is 0.220 e. The van der Waals surface area contributed by atoms with E-state index in [4.69, 9.17) is 0 Å². The highest BCUT2D eigenvalue weighted by atomic mass is 16.3. The molecule has 0 aromatic rings. The molecule has 2 atom stereocenters. The second-order valence-corrected chi connectivity index (χ2v) is 12.0. The van der Waals surface area contributed by atoms with E-state index in [1.54, 1.807) is 6.08 Å². The zero-order chi connectivity index (χ0) is 30.1. The number of rotatable bonds is 31. The first-order chi connectivity index (χ1) is 20.2. The Hall–Kier alpha value is -1.39. The van der Waals surface area contributed by atoms with Crippen molar-refractivity contribution in [2.45, 2.75) is 187 Å². The molecule has 0 radical (unpaired) electrons. The maximum atomic E-state index is 12.3. The Balaban J connectivity index is 3.67. The van der Waals surface area contributed by atoms with E-state index in [9.17, 15) is 15.0 Å². The molecule has 0 fully saturated rings. The predicted octanol–water partition coefficient (Wildman–Crippen LogP) is 10.3. The Morgan fingerprint density at radius 2 is 0.976 bits per heavy atom. The molecule has 0 spiro atoms. The molecule has 41 heavy (non-hydrogen) atoms. The Morgan fingerprint density at radius 3 is 1.46 bits per heavy atom. The van der Waals surface area contributed by atoms with E-state index in [2.05, 4.69) is 43.5 Å². The predicted molar refractivity (Wildman–Crippen MR) is 179 cm³/mol. The summed E-state index contributed by atoms with van der Waals surface area (Å²) in [6.07, 6.45) is 42.2. The van der Waals surface area contributed by atoms with Crippen LogP contribution < -0.4 is 5.32 Å². The van der Waals surface area contributed by atoms with Gasteiger partial charge in [0.15, 0.2) is 0 Å². The third-order valence-electron chi connectivity index (χ3n) is 7.90. The molecule has 0 rings (SSSR count). The molecular formula is C37H69NO3. The van der Waals surface area contributed by atoms with E-state index in [-0.39, 0.29) is 12.5 Å². The lowest BCUT2D eigenvalue weighted by Crippen LogP contribution is -2.45. The lowest BCUT2D eigenvalue weighted by atomic mass is 10.0. The number of aliphatic hydroxyl groups excluding tert-OH is 2. The van der Waals surface area contributed by atoms with E-state index in [1.807, 2.05) is 6.08 Å². The van der Waals surface area contributed by atoms with E-state index >= 15 is 0 Å². The van der Waals surface area contributed by atoms with Gasteiger partial charge in [-0.05, 0) is 44.9 Å². The van der Waals surface area contributed by atoms with Crippen LogP contribution in [0, 0.1) is 0 Å². The van der Waals surface area contributed by atoms with Crippen molar-refractivity contribution in [2.24, 2.45) is 0 Å². The first-order valence-electron chi connectivity index (χ1n) is 17.7. The lowest BCUT2D eigenvalue weighted by Gasteiger charge is -2.20. The first-order valence-corrected chi connectivity index (χ1v) is 17.7. The average molecular weight is 576 g/mol. The van der Waals surface area contributed by atoms with Gasteiger partial charge in [0.2, 0.25) is 5.91 Å². The summed E-state index contributed by atoms with van der Waals surface area (Å²) in [4.78, 5) is 12.3. The number of carbonyl (C=O) groups excluding carboxylic acids is 1. The summed E-state index contributed by atoms with van der Waals surface area (Å²) in [7, 11) is 0. The molecule has 0 saturated carbocycles. The normalized spacial score (nSPS) is 13.6. The Labute approximate surface area is 255 Å². The van der Waals surface area contributed by atoms with Gasteiger partial charge in [0.25, 0.3) is 0 Å². The minimum absolute atomic E-state index is 0.0784. The van der Waals surface area contributed by atoms with Crippen LogP contribution in [-0.2, 0) is 4.79 Å². The molecule has 0 aliphatic carbocycles. The second kappa shape index (κ2) is 33.1. The zero-order valence-electron chi connectivity index (χ0n) is 27.3. The van der Waals surface area contributed by atoms with Gasteiger partial charge in [0.1, 0.15) is 0 Å². The fourth-order valence-corrected chi connectivity index (χ4v) is 5.11. The van der Waals surface area contributed by atoms with E-state index in [0.717, 1.165) is 38.5 Å². The minimum Gasteiger partial charge on any atom is -0.394 e. The van der Waals surface area contributed by atoms with Gasteiger partial charge in [-0.25, -0.2) is 0 Å². The Kier molecular flexibility index (Phi) is 32.0.